The maximum atomic E-state index is 13.4. The third-order valence-electron chi connectivity index (χ3n) is 14.2. The smallest absolute Gasteiger partial charge is 0.268 e. The number of carbonyl (C=O) groups is 1. The summed E-state index contributed by atoms with van der Waals surface area (Å²) in [6.45, 7) is 16.4. The summed E-state index contributed by atoms with van der Waals surface area (Å²) in [5, 5.41) is 0. The van der Waals surface area contributed by atoms with Crippen LogP contribution in [0.15, 0.2) is 12.1 Å². The Balaban J connectivity index is 1.14. The van der Waals surface area contributed by atoms with E-state index in [-0.39, 0.29) is 23.1 Å². The molecule has 0 aliphatic heterocycles. The fourth-order valence-electron chi connectivity index (χ4n) is 10.8. The van der Waals surface area contributed by atoms with Gasteiger partial charge in [0.1, 0.15) is 5.78 Å². The van der Waals surface area contributed by atoms with Crippen molar-refractivity contribution in [3.8, 4) is 0 Å². The zero-order valence-electron chi connectivity index (χ0n) is 27.4. The topological polar surface area (TPSA) is 60.4 Å². The van der Waals surface area contributed by atoms with E-state index < -0.39 is 15.5 Å². The van der Waals surface area contributed by atoms with Crippen molar-refractivity contribution in [2.75, 3.05) is 5.75 Å². The summed E-state index contributed by atoms with van der Waals surface area (Å²) in [5.41, 5.74) is 5.29. The number of benzene rings is 1. The van der Waals surface area contributed by atoms with Crippen LogP contribution in [0.1, 0.15) is 134 Å². The number of rotatable bonds is 9. The van der Waals surface area contributed by atoms with Gasteiger partial charge >= 0.3 is 0 Å². The summed E-state index contributed by atoms with van der Waals surface area (Å²) in [4.78, 5) is 13.0. The molecule has 0 N–H and O–H groups in total. The van der Waals surface area contributed by atoms with E-state index >= 15 is 0 Å². The fourth-order valence-corrected chi connectivity index (χ4v) is 12.7. The number of Topliss-reactive ketones (excluding diaryl/α,β-unsaturated/α-hetero) is 1. The van der Waals surface area contributed by atoms with Gasteiger partial charge in [-0.1, -0.05) is 73.4 Å². The molecule has 1 aromatic carbocycles. The van der Waals surface area contributed by atoms with Crippen LogP contribution in [0.2, 0.25) is 0 Å². The molecule has 234 valence electrons. The third-order valence-corrected chi connectivity index (χ3v) is 15.6. The van der Waals surface area contributed by atoms with Crippen molar-refractivity contribution >= 4 is 15.9 Å². The van der Waals surface area contributed by atoms with Crippen molar-refractivity contribution in [2.24, 2.45) is 45.8 Å². The Morgan fingerprint density at radius 1 is 0.905 bits per heavy atom. The second-order valence-corrected chi connectivity index (χ2v) is 18.2. The largest absolute Gasteiger partial charge is 0.299 e. The van der Waals surface area contributed by atoms with E-state index in [2.05, 4.69) is 60.6 Å². The Hall–Kier alpha value is -1.20. The molecule has 4 nitrogen and oxygen atoms in total. The molecule has 0 aromatic heterocycles. The van der Waals surface area contributed by atoms with E-state index in [1.807, 2.05) is 0 Å². The lowest BCUT2D eigenvalue weighted by molar-refractivity contribution is -0.128. The summed E-state index contributed by atoms with van der Waals surface area (Å²) in [6.07, 6.45) is 11.9. The van der Waals surface area contributed by atoms with E-state index in [0.717, 1.165) is 49.4 Å². The van der Waals surface area contributed by atoms with Crippen molar-refractivity contribution in [1.82, 2.24) is 0 Å². The van der Waals surface area contributed by atoms with Gasteiger partial charge in [0.05, 0.1) is 17.3 Å². The minimum atomic E-state index is -3.80. The van der Waals surface area contributed by atoms with Gasteiger partial charge in [-0.2, -0.15) is 8.42 Å². The molecule has 5 heteroatoms. The van der Waals surface area contributed by atoms with Crippen LogP contribution >= 0.6 is 0 Å². The molecule has 5 aliphatic carbocycles. The maximum absolute atomic E-state index is 13.4. The van der Waals surface area contributed by atoms with Gasteiger partial charge in [0.2, 0.25) is 0 Å². The SMILES string of the molecule is CC(C)[C@@H](C)CC[C@@H](C)[C@@H]1CC[C@@H]2c3ccc4c(c3CC[C@@]21C)CC[C@H](OS(=O)(=O)C[C@@]12CC[C@@H](CC1=O)C2(C)C)C4. The molecule has 8 atom stereocenters. The summed E-state index contributed by atoms with van der Waals surface area (Å²) in [6, 6.07) is 4.70. The Morgan fingerprint density at radius 2 is 1.67 bits per heavy atom. The van der Waals surface area contributed by atoms with Crippen LogP contribution in [-0.4, -0.2) is 26.1 Å². The van der Waals surface area contributed by atoms with Crippen LogP contribution in [0.5, 0.6) is 0 Å². The zero-order chi connectivity index (χ0) is 30.2. The van der Waals surface area contributed by atoms with E-state index in [4.69, 9.17) is 4.18 Å². The molecule has 42 heavy (non-hydrogen) atoms. The molecule has 5 aliphatic rings. The molecular formula is C37H56O4S. The lowest BCUT2D eigenvalue weighted by Gasteiger charge is -2.45. The number of carbonyl (C=O) groups excluding carboxylic acids is 1. The van der Waals surface area contributed by atoms with E-state index in [1.165, 1.54) is 43.2 Å². The van der Waals surface area contributed by atoms with Crippen LogP contribution in [0, 0.1) is 45.8 Å². The molecule has 3 fully saturated rings. The molecule has 0 spiro atoms. The molecule has 0 heterocycles. The Morgan fingerprint density at radius 3 is 2.33 bits per heavy atom. The molecule has 1 aromatic rings. The van der Waals surface area contributed by atoms with Gasteiger partial charge in [-0.05, 0) is 120 Å². The predicted molar refractivity (Wildman–Crippen MR) is 170 cm³/mol. The van der Waals surface area contributed by atoms with Crippen molar-refractivity contribution in [3.63, 3.8) is 0 Å². The van der Waals surface area contributed by atoms with Crippen molar-refractivity contribution in [2.45, 2.75) is 138 Å². The monoisotopic (exact) mass is 596 g/mol. The molecule has 0 amide bonds. The Labute approximate surface area is 256 Å². The van der Waals surface area contributed by atoms with Gasteiger partial charge in [0.25, 0.3) is 10.1 Å². The van der Waals surface area contributed by atoms with Crippen molar-refractivity contribution in [3.05, 3.63) is 34.4 Å². The Bertz CT molecular complexity index is 1330. The highest BCUT2D eigenvalue weighted by atomic mass is 32.2. The predicted octanol–water partition coefficient (Wildman–Crippen LogP) is 8.44. The van der Waals surface area contributed by atoms with Gasteiger partial charge in [-0.25, -0.2) is 0 Å². The third kappa shape index (κ3) is 4.86. The summed E-state index contributed by atoms with van der Waals surface area (Å²) < 4.78 is 32.7. The first kappa shape index (κ1) is 30.8. The van der Waals surface area contributed by atoms with Crippen LogP contribution in [0.4, 0.5) is 0 Å². The normalized spacial score (nSPS) is 36.5. The second-order valence-electron chi connectivity index (χ2n) is 16.6. The highest BCUT2D eigenvalue weighted by molar-refractivity contribution is 7.86. The van der Waals surface area contributed by atoms with Crippen LogP contribution in [0.3, 0.4) is 0 Å². The van der Waals surface area contributed by atoms with Gasteiger partial charge < -0.3 is 0 Å². The van der Waals surface area contributed by atoms with Crippen LogP contribution in [-0.2, 0) is 38.4 Å². The average molecular weight is 597 g/mol. The molecule has 3 saturated carbocycles. The van der Waals surface area contributed by atoms with Crippen molar-refractivity contribution < 1.29 is 17.4 Å². The van der Waals surface area contributed by atoms with Gasteiger partial charge in [0, 0.05) is 12.8 Å². The van der Waals surface area contributed by atoms with E-state index in [9.17, 15) is 13.2 Å². The Kier molecular flexibility index (Phi) is 7.86. The van der Waals surface area contributed by atoms with E-state index in [1.54, 1.807) is 11.1 Å². The molecule has 0 saturated heterocycles. The quantitative estimate of drug-likeness (QED) is 0.268. The molecule has 0 radical (unpaired) electrons. The minimum Gasteiger partial charge on any atom is -0.299 e. The first-order valence-corrected chi connectivity index (χ1v) is 18.8. The number of fused-ring (bicyclic) bond motifs is 7. The van der Waals surface area contributed by atoms with Gasteiger partial charge in [0.15, 0.2) is 0 Å². The highest BCUT2D eigenvalue weighted by Crippen LogP contribution is 2.64. The van der Waals surface area contributed by atoms with Crippen molar-refractivity contribution in [1.29, 1.82) is 0 Å². The number of ketones is 1. The highest BCUT2D eigenvalue weighted by Gasteiger charge is 2.65. The molecule has 0 unspecified atom stereocenters. The van der Waals surface area contributed by atoms with Crippen LogP contribution < -0.4 is 0 Å². The van der Waals surface area contributed by atoms with Gasteiger partial charge in [-0.3, -0.25) is 8.98 Å². The number of hydrogen-bond acceptors (Lipinski definition) is 4. The lowest BCUT2D eigenvalue weighted by Crippen LogP contribution is -2.43. The van der Waals surface area contributed by atoms with Crippen LogP contribution in [0.25, 0.3) is 0 Å². The summed E-state index contributed by atoms with van der Waals surface area (Å²) in [7, 11) is -3.80. The van der Waals surface area contributed by atoms with Gasteiger partial charge in [-0.15, -0.1) is 0 Å². The standard InChI is InChI=1S/C37H56O4S/c1-23(2)24(3)8-9-25(4)32-14-15-33-31-12-10-26-20-28(11-13-29(26)30(31)17-18-36(32,33)7)41-42(39,40)22-37-19-16-27(21-34(37)38)35(37,5)6/h10,12,23-25,27-28,32-33H,8-9,11,13-22H2,1-7H3/t24-,25+,27-,28-,32-,33+,36+,37-/m0/s1. The molecule has 2 bridgehead atoms. The molecular weight excluding hydrogens is 540 g/mol. The summed E-state index contributed by atoms with van der Waals surface area (Å²) >= 11 is 0. The summed E-state index contributed by atoms with van der Waals surface area (Å²) in [5.74, 6) is 4.09. The second kappa shape index (κ2) is 10.7. The lowest BCUT2D eigenvalue weighted by atomic mass is 9.59. The maximum Gasteiger partial charge on any atom is 0.268 e. The van der Waals surface area contributed by atoms with E-state index in [0.29, 0.717) is 36.5 Å². The fraction of sp³-hybridized carbons (Fsp3) is 0.811. The number of hydrogen-bond donors (Lipinski definition) is 0. The minimum absolute atomic E-state index is 0.136. The first-order valence-electron chi connectivity index (χ1n) is 17.3. The zero-order valence-corrected chi connectivity index (χ0v) is 28.2. The average Bonchev–Trinajstić information content (AvgIpc) is 3.46. The molecule has 6 rings (SSSR count). The first-order chi connectivity index (χ1) is 19.7.